The maximum Gasteiger partial charge on any atom is 0.133 e. The molecule has 0 unspecified atom stereocenters. The van der Waals surface area contributed by atoms with Crippen molar-refractivity contribution in [3.63, 3.8) is 0 Å². The third-order valence-electron chi connectivity index (χ3n) is 3.91. The first-order valence-electron chi connectivity index (χ1n) is 7.72. The van der Waals surface area contributed by atoms with Crippen LogP contribution in [0.2, 0.25) is 0 Å². The first-order chi connectivity index (χ1) is 11.4. The van der Waals surface area contributed by atoms with Crippen LogP contribution in [0.4, 0.5) is 5.69 Å². The monoisotopic (exact) mass is 303 g/mol. The van der Waals surface area contributed by atoms with Gasteiger partial charge in [-0.05, 0) is 23.1 Å². The summed E-state index contributed by atoms with van der Waals surface area (Å²) in [6, 6.07) is 16.5. The van der Waals surface area contributed by atoms with E-state index in [4.69, 9.17) is 4.74 Å². The highest BCUT2D eigenvalue weighted by Gasteiger charge is 2.18. The molecule has 0 saturated heterocycles. The minimum Gasteiger partial charge on any atom is -0.375 e. The van der Waals surface area contributed by atoms with Crippen LogP contribution < -0.4 is 5.32 Å². The molecule has 0 spiro atoms. The maximum atomic E-state index is 5.65. The molecule has 0 saturated carbocycles. The number of hydrogen-bond donors (Lipinski definition) is 1. The van der Waals surface area contributed by atoms with Gasteiger partial charge in [0, 0.05) is 29.0 Å². The highest BCUT2D eigenvalue weighted by atomic mass is 16.5. The third kappa shape index (κ3) is 2.81. The van der Waals surface area contributed by atoms with Gasteiger partial charge in [0.15, 0.2) is 0 Å². The fraction of sp³-hybridized carbons (Fsp3) is 0.158. The number of pyridine rings is 1. The van der Waals surface area contributed by atoms with E-state index >= 15 is 0 Å². The predicted octanol–water partition coefficient (Wildman–Crippen LogP) is 3.62. The van der Waals surface area contributed by atoms with Crippen molar-refractivity contribution in [1.82, 2.24) is 4.98 Å². The molecule has 1 aromatic heterocycles. The van der Waals surface area contributed by atoms with E-state index in [1.54, 1.807) is 6.20 Å². The Balaban J connectivity index is 1.40. The van der Waals surface area contributed by atoms with Crippen molar-refractivity contribution in [1.29, 1.82) is 0 Å². The van der Waals surface area contributed by atoms with Crippen LogP contribution in [0, 0.1) is 0 Å². The number of aliphatic imine (C=N–C) groups is 1. The Kier molecular flexibility index (Phi) is 3.74. The zero-order chi connectivity index (χ0) is 15.5. The summed E-state index contributed by atoms with van der Waals surface area (Å²) in [6.45, 7) is 1.79. The molecule has 1 aliphatic rings. The summed E-state index contributed by atoms with van der Waals surface area (Å²) in [5, 5.41) is 5.90. The number of nitrogens with zero attached hydrogens (tertiary/aromatic N) is 2. The topological polar surface area (TPSA) is 46.5 Å². The number of ether oxygens (including phenoxy) is 1. The Morgan fingerprint density at radius 3 is 2.83 bits per heavy atom. The fourth-order valence-corrected chi connectivity index (χ4v) is 2.86. The number of rotatable bonds is 5. The molecule has 1 N–H and O–H groups in total. The summed E-state index contributed by atoms with van der Waals surface area (Å²) in [5.41, 5.74) is 3.38. The van der Waals surface area contributed by atoms with Crippen LogP contribution in [0.3, 0.4) is 0 Å². The SMILES string of the molecule is c1cncc(COCCN=C2Nc3cccc4cccc2c34)c1. The van der Waals surface area contributed by atoms with Gasteiger partial charge in [-0.25, -0.2) is 0 Å². The molecule has 4 nitrogen and oxygen atoms in total. The molecule has 2 aromatic carbocycles. The second kappa shape index (κ2) is 6.18. The molecule has 4 heteroatoms. The first kappa shape index (κ1) is 13.9. The van der Waals surface area contributed by atoms with E-state index in [1.807, 2.05) is 18.3 Å². The van der Waals surface area contributed by atoms with Crippen molar-refractivity contribution >= 4 is 22.3 Å². The molecule has 0 aliphatic carbocycles. The van der Waals surface area contributed by atoms with Crippen LogP contribution in [-0.4, -0.2) is 24.0 Å². The molecule has 0 amide bonds. The lowest BCUT2D eigenvalue weighted by Crippen LogP contribution is -2.10. The van der Waals surface area contributed by atoms with Gasteiger partial charge in [0.2, 0.25) is 0 Å². The minimum absolute atomic E-state index is 0.571. The second-order valence-corrected chi connectivity index (χ2v) is 5.48. The second-order valence-electron chi connectivity index (χ2n) is 5.48. The Morgan fingerprint density at radius 2 is 1.96 bits per heavy atom. The summed E-state index contributed by atoms with van der Waals surface area (Å²) in [4.78, 5) is 8.73. The van der Waals surface area contributed by atoms with Crippen LogP contribution in [0.15, 0.2) is 65.9 Å². The highest BCUT2D eigenvalue weighted by Crippen LogP contribution is 2.32. The summed E-state index contributed by atoms with van der Waals surface area (Å²) < 4.78 is 5.65. The summed E-state index contributed by atoms with van der Waals surface area (Å²) >= 11 is 0. The van der Waals surface area contributed by atoms with Gasteiger partial charge >= 0.3 is 0 Å². The molecule has 114 valence electrons. The first-order valence-corrected chi connectivity index (χ1v) is 7.72. The van der Waals surface area contributed by atoms with Crippen molar-refractivity contribution in [2.45, 2.75) is 6.61 Å². The van der Waals surface area contributed by atoms with Crippen molar-refractivity contribution in [3.8, 4) is 0 Å². The number of hydrogen-bond acceptors (Lipinski definition) is 3. The maximum absolute atomic E-state index is 5.65. The van der Waals surface area contributed by atoms with Gasteiger partial charge in [-0.2, -0.15) is 0 Å². The van der Waals surface area contributed by atoms with E-state index in [1.165, 1.54) is 16.3 Å². The molecule has 4 rings (SSSR count). The van der Waals surface area contributed by atoms with Crippen molar-refractivity contribution in [2.75, 3.05) is 18.5 Å². The molecule has 1 aliphatic heterocycles. The number of anilines is 1. The van der Waals surface area contributed by atoms with Gasteiger partial charge in [0.1, 0.15) is 5.84 Å². The molecule has 2 heterocycles. The lowest BCUT2D eigenvalue weighted by atomic mass is 10.1. The average Bonchev–Trinajstić information content (AvgIpc) is 2.96. The lowest BCUT2D eigenvalue weighted by Gasteiger charge is -2.03. The van der Waals surface area contributed by atoms with Gasteiger partial charge in [-0.15, -0.1) is 0 Å². The molecular formula is C19H17N3O. The van der Waals surface area contributed by atoms with Crippen LogP contribution in [0.25, 0.3) is 10.8 Å². The summed E-state index contributed by atoms with van der Waals surface area (Å²) in [7, 11) is 0. The Morgan fingerprint density at radius 1 is 1.04 bits per heavy atom. The van der Waals surface area contributed by atoms with Crippen LogP contribution >= 0.6 is 0 Å². The molecule has 0 radical (unpaired) electrons. The Hall–Kier alpha value is -2.72. The van der Waals surface area contributed by atoms with Crippen LogP contribution in [0.1, 0.15) is 11.1 Å². The van der Waals surface area contributed by atoms with Gasteiger partial charge in [0.05, 0.1) is 19.8 Å². The van der Waals surface area contributed by atoms with E-state index < -0.39 is 0 Å². The third-order valence-corrected chi connectivity index (χ3v) is 3.91. The predicted molar refractivity (Wildman–Crippen MR) is 92.9 cm³/mol. The van der Waals surface area contributed by atoms with Crippen LogP contribution in [-0.2, 0) is 11.3 Å². The highest BCUT2D eigenvalue weighted by molar-refractivity contribution is 6.25. The van der Waals surface area contributed by atoms with E-state index in [9.17, 15) is 0 Å². The van der Waals surface area contributed by atoms with E-state index in [0.29, 0.717) is 19.8 Å². The van der Waals surface area contributed by atoms with Gasteiger partial charge < -0.3 is 10.1 Å². The standard InChI is InChI=1S/C19H17N3O/c1-5-15-6-2-8-17-18(15)16(7-1)19(22-17)21-10-11-23-13-14-4-3-9-20-12-14/h1-9,12H,10-11,13H2,(H,21,22). The lowest BCUT2D eigenvalue weighted by molar-refractivity contribution is 0.128. The molecule has 0 fully saturated rings. The van der Waals surface area contributed by atoms with Gasteiger partial charge in [-0.1, -0.05) is 36.4 Å². The number of benzene rings is 2. The molecule has 0 atom stereocenters. The zero-order valence-electron chi connectivity index (χ0n) is 12.7. The van der Waals surface area contributed by atoms with Crippen molar-refractivity contribution < 1.29 is 4.74 Å². The largest absolute Gasteiger partial charge is 0.375 e. The number of amidine groups is 1. The molecule has 3 aromatic rings. The van der Waals surface area contributed by atoms with E-state index in [-0.39, 0.29) is 0 Å². The Bertz CT molecular complexity index is 854. The summed E-state index contributed by atoms with van der Waals surface area (Å²) in [5.74, 6) is 0.932. The zero-order valence-corrected chi connectivity index (χ0v) is 12.7. The smallest absolute Gasteiger partial charge is 0.133 e. The number of aromatic nitrogens is 1. The minimum atomic E-state index is 0.571. The van der Waals surface area contributed by atoms with E-state index in [0.717, 1.165) is 17.1 Å². The molecule has 23 heavy (non-hydrogen) atoms. The van der Waals surface area contributed by atoms with Gasteiger partial charge in [0.25, 0.3) is 0 Å². The van der Waals surface area contributed by atoms with Crippen LogP contribution in [0.5, 0.6) is 0 Å². The van der Waals surface area contributed by atoms with Gasteiger partial charge in [-0.3, -0.25) is 9.98 Å². The quantitative estimate of drug-likeness (QED) is 0.732. The van der Waals surface area contributed by atoms with E-state index in [2.05, 4.69) is 51.7 Å². The summed E-state index contributed by atoms with van der Waals surface area (Å²) in [6.07, 6.45) is 3.58. The van der Waals surface area contributed by atoms with Crippen molar-refractivity contribution in [3.05, 3.63) is 72.1 Å². The van der Waals surface area contributed by atoms with Crippen molar-refractivity contribution in [2.24, 2.45) is 4.99 Å². The molecular weight excluding hydrogens is 286 g/mol. The molecule has 0 bridgehead atoms. The normalized spacial score (nSPS) is 14.3. The number of nitrogens with one attached hydrogen (secondary N) is 1. The fourth-order valence-electron chi connectivity index (χ4n) is 2.86. The Labute approximate surface area is 134 Å². The average molecular weight is 303 g/mol.